The summed E-state index contributed by atoms with van der Waals surface area (Å²) in [5, 5.41) is 0.368. The van der Waals surface area contributed by atoms with Crippen molar-refractivity contribution < 1.29 is 13.2 Å². The second kappa shape index (κ2) is 6.18. The highest BCUT2D eigenvalue weighted by atomic mass is 35.5. The zero-order valence-corrected chi connectivity index (χ0v) is 13.7. The molecule has 1 saturated carbocycles. The van der Waals surface area contributed by atoms with Crippen LogP contribution in [0.25, 0.3) is 0 Å². The molecular formula is C15H19ClN2O3S. The number of fused-ring (bicyclic) bond motifs is 2. The van der Waals surface area contributed by atoms with Gasteiger partial charge in [-0.2, -0.15) is 0 Å². The van der Waals surface area contributed by atoms with Gasteiger partial charge in [0, 0.05) is 30.6 Å². The van der Waals surface area contributed by atoms with Gasteiger partial charge < -0.3 is 4.90 Å². The summed E-state index contributed by atoms with van der Waals surface area (Å²) in [4.78, 5) is 14.2. The molecule has 1 aromatic carbocycles. The first-order chi connectivity index (χ1) is 10.5. The Morgan fingerprint density at radius 1 is 1.36 bits per heavy atom. The van der Waals surface area contributed by atoms with Crippen molar-refractivity contribution >= 4 is 27.5 Å². The number of amides is 1. The number of rotatable bonds is 5. The Morgan fingerprint density at radius 3 is 2.82 bits per heavy atom. The van der Waals surface area contributed by atoms with Crippen LogP contribution in [0.2, 0.25) is 5.02 Å². The number of hydrogen-bond donors (Lipinski definition) is 1. The van der Waals surface area contributed by atoms with E-state index in [-0.39, 0.29) is 23.8 Å². The lowest BCUT2D eigenvalue weighted by Gasteiger charge is -2.27. The fourth-order valence-electron chi connectivity index (χ4n) is 3.38. The molecule has 0 aromatic heterocycles. The number of nitrogens with zero attached hydrogens (tertiary/aromatic N) is 1. The van der Waals surface area contributed by atoms with Gasteiger partial charge >= 0.3 is 0 Å². The van der Waals surface area contributed by atoms with Crippen LogP contribution < -0.4 is 4.72 Å². The van der Waals surface area contributed by atoms with Crippen molar-refractivity contribution in [2.75, 3.05) is 13.1 Å². The largest absolute Gasteiger partial charge is 0.339 e. The van der Waals surface area contributed by atoms with Gasteiger partial charge in [0.25, 0.3) is 0 Å². The number of benzene rings is 1. The van der Waals surface area contributed by atoms with Crippen LogP contribution in [0.5, 0.6) is 0 Å². The molecule has 3 rings (SSSR count). The molecule has 1 saturated heterocycles. The smallest absolute Gasteiger partial charge is 0.240 e. The Kier molecular flexibility index (Phi) is 4.43. The summed E-state index contributed by atoms with van der Waals surface area (Å²) in [6, 6.07) is 6.46. The number of hydrogen-bond acceptors (Lipinski definition) is 3. The SMILES string of the molecule is O=C(CCNS(=O)(=O)c1cccc(Cl)c1)N1CC2CCC1C2. The van der Waals surface area contributed by atoms with Crippen LogP contribution in [-0.4, -0.2) is 38.4 Å². The van der Waals surface area contributed by atoms with Gasteiger partial charge in [0.15, 0.2) is 0 Å². The number of piperidine rings is 1. The van der Waals surface area contributed by atoms with Crippen LogP contribution in [-0.2, 0) is 14.8 Å². The zero-order chi connectivity index (χ0) is 15.7. The highest BCUT2D eigenvalue weighted by Gasteiger charge is 2.39. The Bertz CT molecular complexity index is 677. The molecule has 5 nitrogen and oxygen atoms in total. The fourth-order valence-corrected chi connectivity index (χ4v) is 4.72. The van der Waals surface area contributed by atoms with Gasteiger partial charge in [0.1, 0.15) is 0 Å². The first-order valence-electron chi connectivity index (χ1n) is 7.50. The molecule has 2 unspecified atom stereocenters. The number of sulfonamides is 1. The lowest BCUT2D eigenvalue weighted by molar-refractivity contribution is -0.132. The summed E-state index contributed by atoms with van der Waals surface area (Å²) in [6.07, 6.45) is 3.61. The van der Waals surface area contributed by atoms with Crippen molar-refractivity contribution in [3.8, 4) is 0 Å². The zero-order valence-electron chi connectivity index (χ0n) is 12.2. The molecule has 1 aliphatic carbocycles. The number of halogens is 1. The fraction of sp³-hybridized carbons (Fsp3) is 0.533. The minimum atomic E-state index is -3.62. The summed E-state index contributed by atoms with van der Waals surface area (Å²) < 4.78 is 26.7. The van der Waals surface area contributed by atoms with Crippen molar-refractivity contribution in [3.63, 3.8) is 0 Å². The van der Waals surface area contributed by atoms with Crippen LogP contribution >= 0.6 is 11.6 Å². The van der Waals surface area contributed by atoms with Gasteiger partial charge in [-0.15, -0.1) is 0 Å². The average molecular weight is 343 g/mol. The average Bonchev–Trinajstić information content (AvgIpc) is 3.09. The summed E-state index contributed by atoms with van der Waals surface area (Å²) in [5.74, 6) is 0.693. The van der Waals surface area contributed by atoms with Gasteiger partial charge in [-0.1, -0.05) is 17.7 Å². The molecule has 1 N–H and O–H groups in total. The molecule has 0 radical (unpaired) electrons. The second-order valence-electron chi connectivity index (χ2n) is 5.98. The van der Waals surface area contributed by atoms with E-state index >= 15 is 0 Å². The van der Waals surface area contributed by atoms with E-state index in [4.69, 9.17) is 11.6 Å². The predicted molar refractivity (Wildman–Crippen MR) is 84.1 cm³/mol. The summed E-state index contributed by atoms with van der Waals surface area (Å²) in [5.41, 5.74) is 0. The van der Waals surface area contributed by atoms with E-state index in [9.17, 15) is 13.2 Å². The standard InChI is InChI=1S/C15H19ClN2O3S/c16-12-2-1-3-14(9-12)22(20,21)17-7-6-15(19)18-10-11-4-5-13(18)8-11/h1-3,9,11,13,17H,4-8,10H2. The molecule has 2 aliphatic rings. The maximum Gasteiger partial charge on any atom is 0.240 e. The number of likely N-dealkylation sites (tertiary alicyclic amines) is 1. The summed E-state index contributed by atoms with van der Waals surface area (Å²) in [7, 11) is -3.62. The van der Waals surface area contributed by atoms with E-state index < -0.39 is 10.0 Å². The van der Waals surface area contributed by atoms with Gasteiger partial charge in [0.05, 0.1) is 4.90 Å². The first-order valence-corrected chi connectivity index (χ1v) is 9.36. The lowest BCUT2D eigenvalue weighted by atomic mass is 10.1. The molecule has 2 fully saturated rings. The van der Waals surface area contributed by atoms with E-state index in [1.807, 2.05) is 4.90 Å². The topological polar surface area (TPSA) is 66.5 Å². The van der Waals surface area contributed by atoms with E-state index in [0.717, 1.165) is 19.4 Å². The molecule has 2 bridgehead atoms. The third-order valence-electron chi connectivity index (χ3n) is 4.47. The molecule has 1 amide bonds. The maximum atomic E-state index is 12.2. The molecular weight excluding hydrogens is 324 g/mol. The minimum Gasteiger partial charge on any atom is -0.339 e. The minimum absolute atomic E-state index is 0.0426. The highest BCUT2D eigenvalue weighted by Crippen LogP contribution is 2.37. The van der Waals surface area contributed by atoms with Crippen molar-refractivity contribution in [1.82, 2.24) is 9.62 Å². The molecule has 2 atom stereocenters. The lowest BCUT2D eigenvalue weighted by Crippen LogP contribution is -2.39. The van der Waals surface area contributed by atoms with E-state index in [1.165, 1.54) is 18.6 Å². The molecule has 1 aromatic rings. The Labute approximate surface area is 135 Å². The molecule has 120 valence electrons. The van der Waals surface area contributed by atoms with Crippen LogP contribution in [0.3, 0.4) is 0 Å². The number of carbonyl (C=O) groups excluding carboxylic acids is 1. The second-order valence-corrected chi connectivity index (χ2v) is 8.19. The number of nitrogens with one attached hydrogen (secondary N) is 1. The predicted octanol–water partition coefficient (Wildman–Crippen LogP) is 2.02. The van der Waals surface area contributed by atoms with Crippen LogP contribution in [0, 0.1) is 5.92 Å². The normalized spacial score (nSPS) is 24.0. The van der Waals surface area contributed by atoms with Gasteiger partial charge in [-0.25, -0.2) is 13.1 Å². The van der Waals surface area contributed by atoms with Crippen molar-refractivity contribution in [2.24, 2.45) is 5.92 Å². The summed E-state index contributed by atoms with van der Waals surface area (Å²) in [6.45, 7) is 0.951. The Hall–Kier alpha value is -1.11. The molecule has 1 aliphatic heterocycles. The van der Waals surface area contributed by atoms with Crippen LogP contribution in [0.15, 0.2) is 29.2 Å². The monoisotopic (exact) mass is 342 g/mol. The number of carbonyl (C=O) groups is 1. The van der Waals surface area contributed by atoms with Crippen molar-refractivity contribution in [1.29, 1.82) is 0 Å². The maximum absolute atomic E-state index is 12.2. The van der Waals surface area contributed by atoms with E-state index in [1.54, 1.807) is 12.1 Å². The highest BCUT2D eigenvalue weighted by molar-refractivity contribution is 7.89. The van der Waals surface area contributed by atoms with Gasteiger partial charge in [-0.05, 0) is 43.4 Å². The van der Waals surface area contributed by atoms with Gasteiger partial charge in [0.2, 0.25) is 15.9 Å². The van der Waals surface area contributed by atoms with E-state index in [2.05, 4.69) is 4.72 Å². The molecule has 22 heavy (non-hydrogen) atoms. The van der Waals surface area contributed by atoms with Gasteiger partial charge in [-0.3, -0.25) is 4.79 Å². The Morgan fingerprint density at radius 2 is 2.18 bits per heavy atom. The quantitative estimate of drug-likeness (QED) is 0.890. The first kappa shape index (κ1) is 15.8. The van der Waals surface area contributed by atoms with Crippen molar-refractivity contribution in [2.45, 2.75) is 36.6 Å². The van der Waals surface area contributed by atoms with Crippen molar-refractivity contribution in [3.05, 3.63) is 29.3 Å². The molecule has 0 spiro atoms. The third kappa shape index (κ3) is 3.29. The Balaban J connectivity index is 1.53. The summed E-state index contributed by atoms with van der Waals surface area (Å²) >= 11 is 5.80. The van der Waals surface area contributed by atoms with Crippen LogP contribution in [0.4, 0.5) is 0 Å². The molecule has 1 heterocycles. The molecule has 7 heteroatoms. The van der Waals surface area contributed by atoms with Crippen LogP contribution in [0.1, 0.15) is 25.7 Å². The van der Waals surface area contributed by atoms with E-state index in [0.29, 0.717) is 17.0 Å². The third-order valence-corrected chi connectivity index (χ3v) is 6.16.